The highest BCUT2D eigenvalue weighted by molar-refractivity contribution is 7.81. The minimum atomic E-state index is -0.157. The monoisotopic (exact) mass is 341 g/mol. The largest absolute Gasteiger partial charge is 0.368 e. The van der Waals surface area contributed by atoms with Crippen LogP contribution in [0, 0.1) is 11.8 Å². The summed E-state index contributed by atoms with van der Waals surface area (Å²) in [6.07, 6.45) is 8.71. The fourth-order valence-corrected chi connectivity index (χ4v) is 4.63. The number of nitrogens with zero attached hydrogens (tertiary/aromatic N) is 1. The third kappa shape index (κ3) is 5.64. The topological polar surface area (TPSA) is 58.4 Å². The van der Waals surface area contributed by atoms with Gasteiger partial charge in [0.15, 0.2) is 0 Å². The molecule has 0 bridgehead atoms. The van der Waals surface area contributed by atoms with Crippen LogP contribution in [0.3, 0.4) is 0 Å². The molecule has 1 aliphatic carbocycles. The molecule has 23 heavy (non-hydrogen) atoms. The standard InChI is InChI=1S/C18H35N3OS/c1-3-13(2)17(18(19)22)21(11-14-7-5-4-6-8-14)12-15-9-16(23)10-20-15/h13-17,20,23H,3-12H2,1-2H3,(H2,19,22)/t13-,15-,16-,17-/m0/s1. The molecule has 4 nitrogen and oxygen atoms in total. The molecule has 0 aromatic heterocycles. The molecular weight excluding hydrogens is 306 g/mol. The van der Waals surface area contributed by atoms with Gasteiger partial charge in [-0.05, 0) is 31.1 Å². The zero-order valence-corrected chi connectivity index (χ0v) is 15.7. The molecule has 0 radical (unpaired) electrons. The Morgan fingerprint density at radius 3 is 2.52 bits per heavy atom. The Morgan fingerprint density at radius 1 is 1.30 bits per heavy atom. The van der Waals surface area contributed by atoms with Crippen molar-refractivity contribution in [2.24, 2.45) is 17.6 Å². The molecule has 1 amide bonds. The zero-order valence-electron chi connectivity index (χ0n) is 14.8. The summed E-state index contributed by atoms with van der Waals surface area (Å²) in [5, 5.41) is 3.99. The molecule has 1 heterocycles. The first-order valence-electron chi connectivity index (χ1n) is 9.46. The van der Waals surface area contributed by atoms with Gasteiger partial charge < -0.3 is 11.1 Å². The van der Waals surface area contributed by atoms with E-state index in [9.17, 15) is 4.79 Å². The van der Waals surface area contributed by atoms with Crippen molar-refractivity contribution < 1.29 is 4.79 Å². The summed E-state index contributed by atoms with van der Waals surface area (Å²) in [6.45, 7) is 7.22. The Balaban J connectivity index is 2.06. The first-order chi connectivity index (χ1) is 11.0. The van der Waals surface area contributed by atoms with Crippen LogP contribution in [0.5, 0.6) is 0 Å². The molecule has 4 atom stereocenters. The summed E-state index contributed by atoms with van der Waals surface area (Å²) in [6, 6.07) is 0.301. The summed E-state index contributed by atoms with van der Waals surface area (Å²) in [4.78, 5) is 14.6. The summed E-state index contributed by atoms with van der Waals surface area (Å²) < 4.78 is 0. The highest BCUT2D eigenvalue weighted by Gasteiger charge is 2.33. The normalized spacial score (nSPS) is 28.9. The van der Waals surface area contributed by atoms with E-state index in [-0.39, 0.29) is 11.9 Å². The van der Waals surface area contributed by atoms with Crippen molar-refractivity contribution in [3.63, 3.8) is 0 Å². The smallest absolute Gasteiger partial charge is 0.235 e. The third-order valence-electron chi connectivity index (χ3n) is 5.74. The van der Waals surface area contributed by atoms with Crippen LogP contribution >= 0.6 is 12.6 Å². The second-order valence-electron chi connectivity index (χ2n) is 7.69. The van der Waals surface area contributed by atoms with E-state index in [0.29, 0.717) is 17.2 Å². The molecule has 2 fully saturated rings. The molecule has 5 heteroatoms. The maximum absolute atomic E-state index is 12.2. The lowest BCUT2D eigenvalue weighted by molar-refractivity contribution is -0.125. The van der Waals surface area contributed by atoms with Gasteiger partial charge in [0.1, 0.15) is 0 Å². The van der Waals surface area contributed by atoms with E-state index in [1.807, 2.05) is 0 Å². The van der Waals surface area contributed by atoms with Crippen LogP contribution in [0.1, 0.15) is 58.8 Å². The van der Waals surface area contributed by atoms with Gasteiger partial charge in [0, 0.05) is 30.9 Å². The minimum absolute atomic E-state index is 0.136. The van der Waals surface area contributed by atoms with Crippen molar-refractivity contribution in [1.29, 1.82) is 0 Å². The Kier molecular flexibility index (Phi) is 7.70. The number of carbonyl (C=O) groups excluding carboxylic acids is 1. The fourth-order valence-electron chi connectivity index (χ4n) is 4.27. The van der Waals surface area contributed by atoms with E-state index in [2.05, 4.69) is 36.7 Å². The van der Waals surface area contributed by atoms with Gasteiger partial charge in [-0.2, -0.15) is 12.6 Å². The minimum Gasteiger partial charge on any atom is -0.368 e. The van der Waals surface area contributed by atoms with E-state index >= 15 is 0 Å². The van der Waals surface area contributed by atoms with Gasteiger partial charge in [0.05, 0.1) is 6.04 Å². The van der Waals surface area contributed by atoms with Crippen molar-refractivity contribution in [2.45, 2.75) is 76.1 Å². The number of hydrogen-bond donors (Lipinski definition) is 3. The average molecular weight is 342 g/mol. The second kappa shape index (κ2) is 9.28. The number of amides is 1. The quantitative estimate of drug-likeness (QED) is 0.594. The molecular formula is C18H35N3OS. The maximum Gasteiger partial charge on any atom is 0.235 e. The lowest BCUT2D eigenvalue weighted by atomic mass is 9.87. The van der Waals surface area contributed by atoms with Gasteiger partial charge in [-0.15, -0.1) is 0 Å². The first-order valence-corrected chi connectivity index (χ1v) is 9.97. The van der Waals surface area contributed by atoms with Crippen molar-refractivity contribution in [2.75, 3.05) is 19.6 Å². The van der Waals surface area contributed by atoms with Crippen LogP contribution in [0.25, 0.3) is 0 Å². The third-order valence-corrected chi connectivity index (χ3v) is 6.13. The van der Waals surface area contributed by atoms with E-state index in [4.69, 9.17) is 5.73 Å². The van der Waals surface area contributed by atoms with Crippen LogP contribution in [-0.4, -0.2) is 47.8 Å². The van der Waals surface area contributed by atoms with Crippen molar-refractivity contribution >= 4 is 18.5 Å². The molecule has 0 unspecified atom stereocenters. The highest BCUT2D eigenvalue weighted by Crippen LogP contribution is 2.27. The molecule has 2 aliphatic rings. The molecule has 1 aliphatic heterocycles. The van der Waals surface area contributed by atoms with Gasteiger partial charge in [-0.3, -0.25) is 9.69 Å². The summed E-state index contributed by atoms with van der Waals surface area (Å²) in [7, 11) is 0. The summed E-state index contributed by atoms with van der Waals surface area (Å²) in [5.41, 5.74) is 5.80. The molecule has 0 aromatic carbocycles. The molecule has 1 saturated heterocycles. The van der Waals surface area contributed by atoms with Gasteiger partial charge in [0.25, 0.3) is 0 Å². The van der Waals surface area contributed by atoms with E-state index in [1.54, 1.807) is 0 Å². The first kappa shape index (κ1) is 19.1. The van der Waals surface area contributed by atoms with Crippen LogP contribution < -0.4 is 11.1 Å². The number of hydrogen-bond acceptors (Lipinski definition) is 4. The molecule has 0 spiro atoms. The number of carbonyl (C=O) groups is 1. The predicted molar refractivity (Wildman–Crippen MR) is 99.8 cm³/mol. The Labute approximate surface area is 147 Å². The highest BCUT2D eigenvalue weighted by atomic mass is 32.1. The van der Waals surface area contributed by atoms with Crippen LogP contribution in [0.2, 0.25) is 0 Å². The van der Waals surface area contributed by atoms with Crippen LogP contribution in [0.15, 0.2) is 0 Å². The van der Waals surface area contributed by atoms with E-state index in [1.165, 1.54) is 32.1 Å². The van der Waals surface area contributed by atoms with Gasteiger partial charge in [0.2, 0.25) is 5.91 Å². The number of nitrogens with two attached hydrogens (primary N) is 1. The Morgan fingerprint density at radius 2 is 2.00 bits per heavy atom. The van der Waals surface area contributed by atoms with Gasteiger partial charge >= 0.3 is 0 Å². The molecule has 1 saturated carbocycles. The number of nitrogens with one attached hydrogen (secondary N) is 1. The molecule has 3 N–H and O–H groups in total. The SMILES string of the molecule is CC[C@H](C)[C@@H](C(N)=O)N(CC1CCCCC1)C[C@@H]1C[C@H](S)CN1. The lowest BCUT2D eigenvalue weighted by Crippen LogP contribution is -2.53. The second-order valence-corrected chi connectivity index (χ2v) is 8.42. The van der Waals surface area contributed by atoms with Crippen molar-refractivity contribution in [1.82, 2.24) is 10.2 Å². The molecule has 2 rings (SSSR count). The summed E-state index contributed by atoms with van der Waals surface area (Å²) >= 11 is 4.58. The number of rotatable bonds is 8. The molecule has 0 aromatic rings. The van der Waals surface area contributed by atoms with E-state index < -0.39 is 0 Å². The van der Waals surface area contributed by atoms with Crippen molar-refractivity contribution in [3.8, 4) is 0 Å². The summed E-state index contributed by atoms with van der Waals surface area (Å²) in [5.74, 6) is 0.878. The van der Waals surface area contributed by atoms with Gasteiger partial charge in [-0.25, -0.2) is 0 Å². The average Bonchev–Trinajstić information content (AvgIpc) is 2.93. The lowest BCUT2D eigenvalue weighted by Gasteiger charge is -2.38. The van der Waals surface area contributed by atoms with E-state index in [0.717, 1.165) is 38.4 Å². The fraction of sp³-hybridized carbons (Fsp3) is 0.944. The number of primary amides is 1. The Bertz CT molecular complexity index is 367. The van der Waals surface area contributed by atoms with Gasteiger partial charge in [-0.1, -0.05) is 39.5 Å². The zero-order chi connectivity index (χ0) is 16.8. The Hall–Kier alpha value is -0.260. The number of thiol groups is 1. The predicted octanol–water partition coefficient (Wildman–Crippen LogP) is 2.43. The van der Waals surface area contributed by atoms with Crippen molar-refractivity contribution in [3.05, 3.63) is 0 Å². The van der Waals surface area contributed by atoms with Crippen LogP contribution in [-0.2, 0) is 4.79 Å². The maximum atomic E-state index is 12.2. The molecule has 134 valence electrons. The van der Waals surface area contributed by atoms with Crippen LogP contribution in [0.4, 0.5) is 0 Å².